The molecule has 0 aliphatic carbocycles. The Bertz CT molecular complexity index is 990. The first-order valence-electron chi connectivity index (χ1n) is 8.46. The van der Waals surface area contributed by atoms with Gasteiger partial charge in [0.15, 0.2) is 0 Å². The van der Waals surface area contributed by atoms with Crippen molar-refractivity contribution in [2.45, 2.75) is 18.9 Å². The maximum absolute atomic E-state index is 12.4. The van der Waals surface area contributed by atoms with E-state index in [-0.39, 0.29) is 23.9 Å². The summed E-state index contributed by atoms with van der Waals surface area (Å²) in [6.07, 6.45) is 1.81. The van der Waals surface area contributed by atoms with Gasteiger partial charge in [0.05, 0.1) is 5.69 Å². The number of nitrogens with one attached hydrogen (secondary N) is 2. The van der Waals surface area contributed by atoms with Gasteiger partial charge in [-0.3, -0.25) is 4.79 Å². The molecule has 0 radical (unpaired) electrons. The zero-order chi connectivity index (χ0) is 20.3. The van der Waals surface area contributed by atoms with E-state index in [1.807, 2.05) is 23.9 Å². The van der Waals surface area contributed by atoms with Crippen LogP contribution in [0.1, 0.15) is 16.8 Å². The summed E-state index contributed by atoms with van der Waals surface area (Å²) >= 11 is 0. The van der Waals surface area contributed by atoms with Gasteiger partial charge < -0.3 is 26.7 Å². The number of fused-ring (bicyclic) bond motifs is 1. The summed E-state index contributed by atoms with van der Waals surface area (Å²) in [5, 5.41) is 6.69. The highest BCUT2D eigenvalue weighted by Crippen LogP contribution is 2.26. The standard InChI is InChI=1S/C17H20F2N8O/c1-27-5-3-10-12(2-4-22-16(10)27)25-15-11(14(21)28)8-24-17(26-15)23-7-9(20)6-13(18)19/h2-5,8-9,13H,6-7,20H2,1H3,(H2,21,28)(H2,22,23,24,25,26). The van der Waals surface area contributed by atoms with Crippen LogP contribution in [-0.2, 0) is 7.05 Å². The molecule has 9 nitrogen and oxygen atoms in total. The van der Waals surface area contributed by atoms with Crippen LogP contribution in [0.25, 0.3) is 11.0 Å². The van der Waals surface area contributed by atoms with Gasteiger partial charge in [0, 0.05) is 50.0 Å². The predicted octanol–water partition coefficient (Wildman–Crippen LogP) is 1.60. The Labute approximate surface area is 159 Å². The van der Waals surface area contributed by atoms with Gasteiger partial charge in [-0.25, -0.2) is 18.7 Å². The second-order valence-corrected chi connectivity index (χ2v) is 6.24. The molecular weight excluding hydrogens is 370 g/mol. The number of nitrogens with zero attached hydrogens (tertiary/aromatic N) is 4. The number of primary amides is 1. The van der Waals surface area contributed by atoms with Crippen molar-refractivity contribution in [2.75, 3.05) is 17.2 Å². The fourth-order valence-corrected chi connectivity index (χ4v) is 2.68. The molecule has 1 unspecified atom stereocenters. The Hall–Kier alpha value is -3.34. The Balaban J connectivity index is 1.86. The summed E-state index contributed by atoms with van der Waals surface area (Å²) in [5.74, 6) is -0.388. The molecule has 6 N–H and O–H groups in total. The third-order valence-electron chi connectivity index (χ3n) is 4.08. The van der Waals surface area contributed by atoms with Crippen LogP contribution in [0.2, 0.25) is 0 Å². The fraction of sp³-hybridized carbons (Fsp3) is 0.294. The van der Waals surface area contributed by atoms with Gasteiger partial charge in [-0.2, -0.15) is 4.98 Å². The number of aromatic nitrogens is 4. The van der Waals surface area contributed by atoms with Crippen LogP contribution in [0, 0.1) is 0 Å². The topological polar surface area (TPSA) is 137 Å². The summed E-state index contributed by atoms with van der Waals surface area (Å²) in [4.78, 5) is 24.3. The van der Waals surface area contributed by atoms with Crippen molar-refractivity contribution < 1.29 is 13.6 Å². The fourth-order valence-electron chi connectivity index (χ4n) is 2.68. The number of pyridine rings is 1. The largest absolute Gasteiger partial charge is 0.365 e. The van der Waals surface area contributed by atoms with E-state index in [2.05, 4.69) is 25.6 Å². The first-order valence-corrected chi connectivity index (χ1v) is 8.46. The van der Waals surface area contributed by atoms with E-state index in [1.165, 1.54) is 6.20 Å². The van der Waals surface area contributed by atoms with Gasteiger partial charge in [-0.15, -0.1) is 0 Å². The van der Waals surface area contributed by atoms with E-state index >= 15 is 0 Å². The lowest BCUT2D eigenvalue weighted by Crippen LogP contribution is -2.31. The highest BCUT2D eigenvalue weighted by atomic mass is 19.3. The summed E-state index contributed by atoms with van der Waals surface area (Å²) in [7, 11) is 1.86. The molecule has 3 heterocycles. The zero-order valence-corrected chi connectivity index (χ0v) is 15.1. The molecular formula is C17H20F2N8O. The molecule has 0 saturated carbocycles. The number of alkyl halides is 2. The molecule has 1 atom stereocenters. The molecule has 0 spiro atoms. The van der Waals surface area contributed by atoms with Gasteiger partial charge in [0.2, 0.25) is 12.4 Å². The van der Waals surface area contributed by atoms with Crippen molar-refractivity contribution in [1.82, 2.24) is 19.5 Å². The molecule has 3 aromatic heterocycles. The number of nitrogens with two attached hydrogens (primary N) is 2. The highest BCUT2D eigenvalue weighted by Gasteiger charge is 2.16. The molecule has 28 heavy (non-hydrogen) atoms. The van der Waals surface area contributed by atoms with Crippen LogP contribution in [0.3, 0.4) is 0 Å². The summed E-state index contributed by atoms with van der Waals surface area (Å²) in [6.45, 7) is 0.0535. The van der Waals surface area contributed by atoms with E-state index in [0.717, 1.165) is 11.0 Å². The van der Waals surface area contributed by atoms with E-state index in [1.54, 1.807) is 12.3 Å². The molecule has 0 bridgehead atoms. The monoisotopic (exact) mass is 390 g/mol. The molecule has 0 aromatic carbocycles. The van der Waals surface area contributed by atoms with E-state index in [0.29, 0.717) is 5.69 Å². The van der Waals surface area contributed by atoms with Gasteiger partial charge in [0.1, 0.15) is 17.0 Å². The van der Waals surface area contributed by atoms with E-state index in [4.69, 9.17) is 11.5 Å². The number of rotatable bonds is 8. The van der Waals surface area contributed by atoms with E-state index < -0.39 is 24.8 Å². The van der Waals surface area contributed by atoms with Crippen LogP contribution in [0.4, 0.5) is 26.2 Å². The second kappa shape index (κ2) is 8.13. The normalized spacial score (nSPS) is 12.3. The average molecular weight is 390 g/mol. The summed E-state index contributed by atoms with van der Waals surface area (Å²) in [5.41, 5.74) is 12.5. The number of amides is 1. The number of hydrogen-bond acceptors (Lipinski definition) is 7. The Morgan fingerprint density at radius 1 is 1.32 bits per heavy atom. The maximum Gasteiger partial charge on any atom is 0.254 e. The van der Waals surface area contributed by atoms with Gasteiger partial charge in [0.25, 0.3) is 5.91 Å². The quantitative estimate of drug-likeness (QED) is 0.458. The lowest BCUT2D eigenvalue weighted by molar-refractivity contribution is 0.100. The van der Waals surface area contributed by atoms with Crippen molar-refractivity contribution in [1.29, 1.82) is 0 Å². The molecule has 148 valence electrons. The lowest BCUT2D eigenvalue weighted by Gasteiger charge is -2.14. The molecule has 3 aromatic rings. The van der Waals surface area contributed by atoms with Crippen molar-refractivity contribution in [2.24, 2.45) is 18.5 Å². The zero-order valence-electron chi connectivity index (χ0n) is 15.1. The van der Waals surface area contributed by atoms with Crippen LogP contribution < -0.4 is 22.1 Å². The van der Waals surface area contributed by atoms with E-state index in [9.17, 15) is 13.6 Å². The third kappa shape index (κ3) is 4.31. The smallest absolute Gasteiger partial charge is 0.254 e. The van der Waals surface area contributed by atoms with Gasteiger partial charge in [-0.05, 0) is 12.1 Å². The minimum atomic E-state index is -2.49. The number of anilines is 3. The first-order chi connectivity index (χ1) is 13.3. The number of hydrogen-bond donors (Lipinski definition) is 4. The van der Waals surface area contributed by atoms with Gasteiger partial charge >= 0.3 is 0 Å². The third-order valence-corrected chi connectivity index (χ3v) is 4.08. The number of halogens is 2. The molecule has 1 amide bonds. The summed E-state index contributed by atoms with van der Waals surface area (Å²) in [6, 6.07) is 2.85. The second-order valence-electron chi connectivity index (χ2n) is 6.24. The molecule has 0 aliphatic rings. The molecule has 11 heteroatoms. The maximum atomic E-state index is 12.4. The Kier molecular flexibility index (Phi) is 5.64. The van der Waals surface area contributed by atoms with Crippen LogP contribution in [-0.4, -0.2) is 44.4 Å². The van der Waals surface area contributed by atoms with Crippen molar-refractivity contribution in [3.05, 3.63) is 36.3 Å². The average Bonchev–Trinajstić information content (AvgIpc) is 3.02. The Morgan fingerprint density at radius 2 is 2.11 bits per heavy atom. The molecule has 0 saturated heterocycles. The summed E-state index contributed by atoms with van der Waals surface area (Å²) < 4.78 is 26.6. The van der Waals surface area contributed by atoms with Crippen LogP contribution in [0.5, 0.6) is 0 Å². The minimum Gasteiger partial charge on any atom is -0.365 e. The van der Waals surface area contributed by atoms with Crippen molar-refractivity contribution >= 4 is 34.4 Å². The van der Waals surface area contributed by atoms with Crippen LogP contribution in [0.15, 0.2) is 30.7 Å². The highest BCUT2D eigenvalue weighted by molar-refractivity contribution is 6.00. The number of aryl methyl sites for hydroxylation is 1. The van der Waals surface area contributed by atoms with Crippen molar-refractivity contribution in [3.63, 3.8) is 0 Å². The Morgan fingerprint density at radius 3 is 2.82 bits per heavy atom. The minimum absolute atomic E-state index is 0.0535. The predicted molar refractivity (Wildman–Crippen MR) is 102 cm³/mol. The molecule has 0 aliphatic heterocycles. The SMILES string of the molecule is Cn1ccc2c(Nc3nc(NCC(N)CC(F)F)ncc3C(N)=O)ccnc21. The first kappa shape index (κ1) is 19.4. The number of carbonyl (C=O) groups excluding carboxylic acids is 1. The van der Waals surface area contributed by atoms with Crippen molar-refractivity contribution in [3.8, 4) is 0 Å². The van der Waals surface area contributed by atoms with Crippen LogP contribution >= 0.6 is 0 Å². The number of carbonyl (C=O) groups is 1. The lowest BCUT2D eigenvalue weighted by atomic mass is 10.2. The molecule has 3 rings (SSSR count). The molecule has 0 fully saturated rings. The van der Waals surface area contributed by atoms with Gasteiger partial charge in [-0.1, -0.05) is 0 Å².